The van der Waals surface area contributed by atoms with Crippen molar-refractivity contribution >= 4 is 52.6 Å². The lowest BCUT2D eigenvalue weighted by atomic mass is 9.96. The van der Waals surface area contributed by atoms with Gasteiger partial charge in [-0.25, -0.2) is 19.6 Å². The summed E-state index contributed by atoms with van der Waals surface area (Å²) >= 11 is 9.00. The molecule has 1 atom stereocenters. The van der Waals surface area contributed by atoms with Gasteiger partial charge in [-0.3, -0.25) is 0 Å². The van der Waals surface area contributed by atoms with E-state index in [-0.39, 0.29) is 13.2 Å². The third-order valence-corrected chi connectivity index (χ3v) is 10.4. The minimum absolute atomic E-state index is 0.0381. The van der Waals surface area contributed by atoms with Crippen LogP contribution in [0.2, 0.25) is 5.02 Å². The Morgan fingerprint density at radius 3 is 2.35 bits per heavy atom. The van der Waals surface area contributed by atoms with Crippen LogP contribution in [0.4, 0.5) is 10.6 Å². The van der Waals surface area contributed by atoms with Crippen molar-refractivity contribution in [3.05, 3.63) is 75.8 Å². The van der Waals surface area contributed by atoms with Crippen LogP contribution in [0.5, 0.6) is 5.75 Å². The fourth-order valence-corrected chi connectivity index (χ4v) is 6.82. The molecule has 1 fully saturated rings. The van der Waals surface area contributed by atoms with Gasteiger partial charge in [-0.2, -0.15) is 10.5 Å². The zero-order valence-corrected chi connectivity index (χ0v) is 31.1. The van der Waals surface area contributed by atoms with Crippen LogP contribution in [-0.2, 0) is 20.0 Å². The Hall–Kier alpha value is -4.82. The number of nitriles is 2. The Balaban J connectivity index is 1.26. The second kappa shape index (κ2) is 16.9. The highest BCUT2D eigenvalue weighted by molar-refractivity contribution is 7.98. The molecule has 5 rings (SSSR count). The molecule has 0 saturated carbocycles. The van der Waals surface area contributed by atoms with E-state index in [4.69, 9.17) is 35.8 Å². The summed E-state index contributed by atoms with van der Waals surface area (Å²) in [5.41, 5.74) is 3.04. The maximum absolute atomic E-state index is 12.4. The van der Waals surface area contributed by atoms with Gasteiger partial charge in [-0.1, -0.05) is 54.6 Å². The lowest BCUT2D eigenvalue weighted by Gasteiger charge is -2.33. The fraction of sp³-hybridized carbons (Fsp3) is 0.351. The zero-order chi connectivity index (χ0) is 36.5. The van der Waals surface area contributed by atoms with E-state index in [0.717, 1.165) is 35.8 Å². The van der Waals surface area contributed by atoms with Crippen LogP contribution in [0.1, 0.15) is 57.4 Å². The van der Waals surface area contributed by atoms with E-state index < -0.39 is 23.7 Å². The molecule has 2 aromatic heterocycles. The van der Waals surface area contributed by atoms with E-state index in [1.807, 2.05) is 36.6 Å². The summed E-state index contributed by atoms with van der Waals surface area (Å²) in [6, 6.07) is 18.3. The molecule has 1 unspecified atom stereocenters. The first-order valence-corrected chi connectivity index (χ1v) is 18.6. The number of hydrogen-bond donors (Lipinski definition) is 1. The number of carbonyl (C=O) groups is 2. The van der Waals surface area contributed by atoms with Crippen molar-refractivity contribution in [1.29, 1.82) is 10.5 Å². The Morgan fingerprint density at radius 1 is 1.04 bits per heavy atom. The molecule has 0 radical (unpaired) electrons. The Bertz CT molecular complexity index is 1950. The molecule has 1 N–H and O–H groups in total. The topological polar surface area (TPSA) is 150 Å². The van der Waals surface area contributed by atoms with Gasteiger partial charge >= 0.3 is 12.1 Å². The number of carbonyl (C=O) groups excluding carboxylic acids is 2. The van der Waals surface area contributed by atoms with E-state index >= 15 is 0 Å². The van der Waals surface area contributed by atoms with Crippen molar-refractivity contribution in [2.45, 2.75) is 63.0 Å². The van der Waals surface area contributed by atoms with Gasteiger partial charge in [0, 0.05) is 40.4 Å². The van der Waals surface area contributed by atoms with Crippen LogP contribution in [0.3, 0.4) is 0 Å². The molecule has 2 aromatic carbocycles. The Kier molecular flexibility index (Phi) is 12.4. The molecular formula is C37H37ClN6O5S2. The van der Waals surface area contributed by atoms with Crippen molar-refractivity contribution in [2.24, 2.45) is 0 Å². The number of aromatic nitrogens is 2. The second-order valence-corrected chi connectivity index (χ2v) is 14.5. The summed E-state index contributed by atoms with van der Waals surface area (Å²) < 4.78 is 16.4. The van der Waals surface area contributed by atoms with Gasteiger partial charge in [0.2, 0.25) is 0 Å². The number of nitrogens with one attached hydrogen (secondary N) is 1. The number of anilines is 1. The average molecular weight is 745 g/mol. The standard InChI is InChI=1S/C37H37ClN6O5S2/c1-5-37(3,4)49-36(46)41-23(2)35(45)48-18-17-47-28-13-9-24(10-14-28)31-29(19-39)32(44-15-6-16-44)43-34(30(31)20-40)51-22-27-21-50-33(42-27)25-7-11-26(38)12-8-25/h7-14,21,23H,5-6,15-18,22H2,1-4H3,(H,41,46). The molecule has 4 aromatic rings. The van der Waals surface area contributed by atoms with Gasteiger partial charge in [0.15, 0.2) is 0 Å². The van der Waals surface area contributed by atoms with E-state index in [0.29, 0.717) is 56.0 Å². The largest absolute Gasteiger partial charge is 0.490 e. The fourth-order valence-electron chi connectivity index (χ4n) is 4.88. The molecule has 0 aliphatic carbocycles. The van der Waals surface area contributed by atoms with Gasteiger partial charge < -0.3 is 24.4 Å². The summed E-state index contributed by atoms with van der Waals surface area (Å²) in [4.78, 5) is 36.1. The molecular weight excluding hydrogens is 708 g/mol. The quantitative estimate of drug-likeness (QED) is 0.0760. The van der Waals surface area contributed by atoms with E-state index in [9.17, 15) is 20.1 Å². The van der Waals surface area contributed by atoms with Crippen LogP contribution in [0, 0.1) is 22.7 Å². The van der Waals surface area contributed by atoms with Crippen molar-refractivity contribution in [3.8, 4) is 39.6 Å². The first-order chi connectivity index (χ1) is 24.5. The maximum atomic E-state index is 12.4. The molecule has 1 saturated heterocycles. The number of nitrogens with zero attached hydrogens (tertiary/aromatic N) is 5. The highest BCUT2D eigenvalue weighted by atomic mass is 35.5. The number of pyridine rings is 1. The molecule has 1 aliphatic heterocycles. The predicted molar refractivity (Wildman–Crippen MR) is 198 cm³/mol. The lowest BCUT2D eigenvalue weighted by molar-refractivity contribution is -0.146. The van der Waals surface area contributed by atoms with Crippen LogP contribution in [0.25, 0.3) is 21.7 Å². The molecule has 0 bridgehead atoms. The summed E-state index contributed by atoms with van der Waals surface area (Å²) in [6.07, 6.45) is 0.930. The second-order valence-electron chi connectivity index (χ2n) is 12.3. The van der Waals surface area contributed by atoms with Gasteiger partial charge in [0.05, 0.1) is 11.3 Å². The van der Waals surface area contributed by atoms with Gasteiger partial charge in [0.25, 0.3) is 0 Å². The SMILES string of the molecule is CCC(C)(C)OC(=O)NC(C)C(=O)OCCOc1ccc(-c2c(C#N)c(SCc3csc(-c4ccc(Cl)cc4)n3)nc(N3CCC3)c2C#N)cc1. The number of amides is 1. The number of thiazole rings is 1. The number of rotatable bonds is 14. The van der Waals surface area contributed by atoms with Crippen LogP contribution >= 0.6 is 34.7 Å². The molecule has 3 heterocycles. The predicted octanol–water partition coefficient (Wildman–Crippen LogP) is 8.00. The van der Waals surface area contributed by atoms with Crippen molar-refractivity contribution < 1.29 is 23.8 Å². The third-order valence-electron chi connectivity index (χ3n) is 8.17. The molecule has 51 heavy (non-hydrogen) atoms. The van der Waals surface area contributed by atoms with E-state index in [2.05, 4.69) is 22.4 Å². The molecule has 14 heteroatoms. The van der Waals surface area contributed by atoms with Gasteiger partial charge in [-0.05, 0) is 63.4 Å². The summed E-state index contributed by atoms with van der Waals surface area (Å²) in [5.74, 6) is 0.946. The van der Waals surface area contributed by atoms with Crippen molar-refractivity contribution in [1.82, 2.24) is 15.3 Å². The average Bonchev–Trinajstić information content (AvgIpc) is 3.57. The monoisotopic (exact) mass is 744 g/mol. The Morgan fingerprint density at radius 2 is 1.73 bits per heavy atom. The lowest BCUT2D eigenvalue weighted by Crippen LogP contribution is -2.43. The number of benzene rings is 2. The van der Waals surface area contributed by atoms with Crippen molar-refractivity contribution in [2.75, 3.05) is 31.2 Å². The van der Waals surface area contributed by atoms with E-state index in [1.165, 1.54) is 30.0 Å². The number of alkyl carbamates (subject to hydrolysis) is 1. The summed E-state index contributed by atoms with van der Waals surface area (Å²) in [6.45, 7) is 8.57. The first-order valence-electron chi connectivity index (χ1n) is 16.4. The maximum Gasteiger partial charge on any atom is 0.408 e. The highest BCUT2D eigenvalue weighted by Gasteiger charge is 2.28. The molecule has 0 spiro atoms. The number of thioether (sulfide) groups is 1. The van der Waals surface area contributed by atoms with Crippen LogP contribution < -0.4 is 15.0 Å². The Labute approximate surface area is 310 Å². The van der Waals surface area contributed by atoms with Crippen LogP contribution in [0.15, 0.2) is 58.9 Å². The molecule has 1 aliphatic rings. The first kappa shape index (κ1) is 37.4. The van der Waals surface area contributed by atoms with Gasteiger partial charge in [-0.15, -0.1) is 11.3 Å². The smallest absolute Gasteiger partial charge is 0.408 e. The molecule has 11 nitrogen and oxygen atoms in total. The van der Waals surface area contributed by atoms with Crippen molar-refractivity contribution in [3.63, 3.8) is 0 Å². The normalized spacial score (nSPS) is 13.0. The van der Waals surface area contributed by atoms with Crippen LogP contribution in [-0.4, -0.2) is 60.0 Å². The highest BCUT2D eigenvalue weighted by Crippen LogP contribution is 2.40. The summed E-state index contributed by atoms with van der Waals surface area (Å²) in [5, 5.41) is 27.3. The van der Waals surface area contributed by atoms with E-state index in [1.54, 1.807) is 38.1 Å². The number of ether oxygens (including phenoxy) is 3. The number of hydrogen-bond acceptors (Lipinski definition) is 12. The number of esters is 1. The minimum Gasteiger partial charge on any atom is -0.490 e. The molecule has 264 valence electrons. The minimum atomic E-state index is -0.897. The third kappa shape index (κ3) is 9.50. The van der Waals surface area contributed by atoms with Gasteiger partial charge in [0.1, 0.15) is 64.2 Å². The summed E-state index contributed by atoms with van der Waals surface area (Å²) in [7, 11) is 0. The molecule has 1 amide bonds. The number of halogens is 1. The zero-order valence-electron chi connectivity index (χ0n) is 28.7.